The van der Waals surface area contributed by atoms with Crippen LogP contribution in [0.1, 0.15) is 29.2 Å². The number of carbonyl (C=O) groups excluding carboxylic acids is 3. The lowest BCUT2D eigenvalue weighted by molar-refractivity contribution is -0.125. The molecule has 0 saturated carbocycles. The largest absolute Gasteiger partial charge is 0.346 e. The van der Waals surface area contributed by atoms with Gasteiger partial charge in [-0.3, -0.25) is 19.3 Å². The molecular formula is C24H32N4O3. The average Bonchev–Trinajstić information content (AvgIpc) is 2.69. The minimum absolute atomic E-state index is 0.0126. The molecule has 7 nitrogen and oxygen atoms in total. The minimum Gasteiger partial charge on any atom is -0.346 e. The highest BCUT2D eigenvalue weighted by Gasteiger charge is 2.14. The summed E-state index contributed by atoms with van der Waals surface area (Å²) in [7, 11) is 1.68. The van der Waals surface area contributed by atoms with Crippen molar-refractivity contribution < 1.29 is 14.4 Å². The Hall–Kier alpha value is -3.19. The number of anilines is 2. The normalized spacial score (nSPS) is 10.6. The number of likely N-dealkylation sites (N-methyl/N-ethyl adjacent to an activating group) is 1. The Morgan fingerprint density at radius 3 is 2.13 bits per heavy atom. The molecule has 0 atom stereocenters. The van der Waals surface area contributed by atoms with Crippen LogP contribution in [-0.2, 0) is 20.8 Å². The molecule has 0 spiro atoms. The number of para-hydroxylation sites is 1. The Morgan fingerprint density at radius 1 is 0.871 bits per heavy atom. The van der Waals surface area contributed by atoms with E-state index in [-0.39, 0.29) is 37.4 Å². The zero-order valence-corrected chi connectivity index (χ0v) is 19.0. The smallest absolute Gasteiger partial charge is 0.243 e. The number of aryl methyl sites for hydroxylation is 4. The zero-order chi connectivity index (χ0) is 23.0. The predicted molar refractivity (Wildman–Crippen MR) is 124 cm³/mol. The third-order valence-electron chi connectivity index (χ3n) is 4.89. The summed E-state index contributed by atoms with van der Waals surface area (Å²) < 4.78 is 0. The van der Waals surface area contributed by atoms with E-state index in [0.717, 1.165) is 40.0 Å². The van der Waals surface area contributed by atoms with Crippen molar-refractivity contribution in [3.63, 3.8) is 0 Å². The van der Waals surface area contributed by atoms with E-state index in [9.17, 15) is 14.4 Å². The van der Waals surface area contributed by atoms with E-state index >= 15 is 0 Å². The van der Waals surface area contributed by atoms with Crippen molar-refractivity contribution in [2.24, 2.45) is 0 Å². The first-order valence-electron chi connectivity index (χ1n) is 10.4. The number of nitrogens with one attached hydrogen (secondary N) is 3. The number of carbonyl (C=O) groups is 3. The second-order valence-electron chi connectivity index (χ2n) is 7.83. The molecule has 3 amide bonds. The van der Waals surface area contributed by atoms with Gasteiger partial charge in [-0.05, 0) is 57.0 Å². The molecule has 2 aromatic carbocycles. The molecule has 2 aromatic rings. The third-order valence-corrected chi connectivity index (χ3v) is 4.89. The maximum Gasteiger partial charge on any atom is 0.243 e. The fraction of sp³-hybridized carbons (Fsp3) is 0.375. The van der Waals surface area contributed by atoms with Gasteiger partial charge in [-0.25, -0.2) is 0 Å². The van der Waals surface area contributed by atoms with Crippen LogP contribution in [-0.4, -0.2) is 49.3 Å². The summed E-state index contributed by atoms with van der Waals surface area (Å²) in [4.78, 5) is 38.3. The van der Waals surface area contributed by atoms with Crippen molar-refractivity contribution in [3.05, 3.63) is 58.7 Å². The Labute approximate surface area is 184 Å². The second-order valence-corrected chi connectivity index (χ2v) is 7.83. The third kappa shape index (κ3) is 7.53. The van der Waals surface area contributed by atoms with Crippen LogP contribution in [0.2, 0.25) is 0 Å². The van der Waals surface area contributed by atoms with Gasteiger partial charge in [0.15, 0.2) is 0 Å². The number of amides is 3. The van der Waals surface area contributed by atoms with Crippen LogP contribution < -0.4 is 16.0 Å². The Bertz CT molecular complexity index is 933. The number of nitrogens with zero attached hydrogens (tertiary/aromatic N) is 1. The molecular weight excluding hydrogens is 392 g/mol. The van der Waals surface area contributed by atoms with Crippen LogP contribution in [0.15, 0.2) is 36.4 Å². The van der Waals surface area contributed by atoms with Crippen molar-refractivity contribution in [1.82, 2.24) is 10.2 Å². The van der Waals surface area contributed by atoms with Crippen LogP contribution in [0, 0.1) is 20.8 Å². The molecule has 0 aliphatic rings. The molecule has 0 unspecified atom stereocenters. The molecule has 7 heteroatoms. The topological polar surface area (TPSA) is 90.5 Å². The highest BCUT2D eigenvalue weighted by molar-refractivity contribution is 5.96. The SMILES string of the molecule is CCc1ccccc1NC(=O)CN(C)CC(=O)NCC(=O)Nc1c(C)cc(C)cc1C. The summed E-state index contributed by atoms with van der Waals surface area (Å²) >= 11 is 0. The maximum absolute atomic E-state index is 12.3. The quantitative estimate of drug-likeness (QED) is 0.577. The molecule has 0 aliphatic heterocycles. The van der Waals surface area contributed by atoms with E-state index in [1.54, 1.807) is 11.9 Å². The molecule has 0 heterocycles. The van der Waals surface area contributed by atoms with Crippen molar-refractivity contribution in [1.29, 1.82) is 0 Å². The van der Waals surface area contributed by atoms with Gasteiger partial charge in [0.05, 0.1) is 19.6 Å². The summed E-state index contributed by atoms with van der Waals surface area (Å²) in [5.41, 5.74) is 5.70. The first-order chi connectivity index (χ1) is 14.7. The summed E-state index contributed by atoms with van der Waals surface area (Å²) in [6, 6.07) is 11.6. The molecule has 0 aromatic heterocycles. The van der Waals surface area contributed by atoms with Gasteiger partial charge in [0.1, 0.15) is 0 Å². The standard InChI is InChI=1S/C24H32N4O3/c1-6-19-9-7-8-10-20(19)26-23(31)15-28(5)14-22(30)25-13-21(29)27-24-17(3)11-16(2)12-18(24)4/h7-12H,6,13-15H2,1-5H3,(H,25,30)(H,26,31)(H,27,29). The van der Waals surface area contributed by atoms with Gasteiger partial charge in [-0.1, -0.05) is 42.8 Å². The van der Waals surface area contributed by atoms with E-state index in [0.29, 0.717) is 0 Å². The number of hydrogen-bond donors (Lipinski definition) is 3. The summed E-state index contributed by atoms with van der Waals surface area (Å²) in [5, 5.41) is 8.34. The summed E-state index contributed by atoms with van der Waals surface area (Å²) in [6.07, 6.45) is 0.818. The molecule has 0 radical (unpaired) electrons. The van der Waals surface area contributed by atoms with E-state index in [2.05, 4.69) is 16.0 Å². The summed E-state index contributed by atoms with van der Waals surface area (Å²) in [6.45, 7) is 7.86. The fourth-order valence-electron chi connectivity index (χ4n) is 3.48. The maximum atomic E-state index is 12.3. The molecule has 166 valence electrons. The van der Waals surface area contributed by atoms with Crippen LogP contribution in [0.3, 0.4) is 0 Å². The van der Waals surface area contributed by atoms with Crippen LogP contribution in [0.4, 0.5) is 11.4 Å². The van der Waals surface area contributed by atoms with Crippen molar-refractivity contribution in [2.75, 3.05) is 37.3 Å². The molecule has 31 heavy (non-hydrogen) atoms. The minimum atomic E-state index is -0.322. The first kappa shape index (κ1) is 24.1. The Balaban J connectivity index is 1.77. The van der Waals surface area contributed by atoms with Crippen molar-refractivity contribution in [2.45, 2.75) is 34.1 Å². The van der Waals surface area contributed by atoms with Gasteiger partial charge in [0.2, 0.25) is 17.7 Å². The van der Waals surface area contributed by atoms with Crippen LogP contribution in [0.5, 0.6) is 0 Å². The molecule has 0 aliphatic carbocycles. The Kier molecular flexibility index (Phi) is 8.75. The molecule has 0 fully saturated rings. The van der Waals surface area contributed by atoms with Gasteiger partial charge >= 0.3 is 0 Å². The molecule has 0 bridgehead atoms. The number of rotatable bonds is 9. The predicted octanol–water partition coefficient (Wildman–Crippen LogP) is 2.80. The first-order valence-corrected chi connectivity index (χ1v) is 10.4. The monoisotopic (exact) mass is 424 g/mol. The van der Waals surface area contributed by atoms with E-state index in [1.807, 2.05) is 64.1 Å². The molecule has 2 rings (SSSR count). The molecule has 3 N–H and O–H groups in total. The van der Waals surface area contributed by atoms with E-state index in [4.69, 9.17) is 0 Å². The van der Waals surface area contributed by atoms with Gasteiger partial charge in [-0.2, -0.15) is 0 Å². The van der Waals surface area contributed by atoms with Gasteiger partial charge in [0, 0.05) is 11.4 Å². The number of benzene rings is 2. The van der Waals surface area contributed by atoms with Crippen molar-refractivity contribution in [3.8, 4) is 0 Å². The Morgan fingerprint density at radius 2 is 1.48 bits per heavy atom. The highest BCUT2D eigenvalue weighted by Crippen LogP contribution is 2.21. The summed E-state index contributed by atoms with van der Waals surface area (Å²) in [5.74, 6) is -0.809. The average molecular weight is 425 g/mol. The van der Waals surface area contributed by atoms with E-state index < -0.39 is 0 Å². The van der Waals surface area contributed by atoms with Gasteiger partial charge in [0.25, 0.3) is 0 Å². The zero-order valence-electron chi connectivity index (χ0n) is 19.0. The van der Waals surface area contributed by atoms with Crippen LogP contribution >= 0.6 is 0 Å². The lowest BCUT2D eigenvalue weighted by Gasteiger charge is -2.17. The molecule has 0 saturated heterocycles. The highest BCUT2D eigenvalue weighted by atomic mass is 16.2. The van der Waals surface area contributed by atoms with Crippen LogP contribution in [0.25, 0.3) is 0 Å². The van der Waals surface area contributed by atoms with Gasteiger partial charge < -0.3 is 16.0 Å². The van der Waals surface area contributed by atoms with Gasteiger partial charge in [-0.15, -0.1) is 0 Å². The fourth-order valence-corrected chi connectivity index (χ4v) is 3.48. The van der Waals surface area contributed by atoms with Crippen molar-refractivity contribution >= 4 is 29.1 Å². The van der Waals surface area contributed by atoms with E-state index in [1.165, 1.54) is 0 Å². The number of hydrogen-bond acceptors (Lipinski definition) is 4. The lowest BCUT2D eigenvalue weighted by atomic mass is 10.1. The lowest BCUT2D eigenvalue weighted by Crippen LogP contribution is -2.41. The second kappa shape index (κ2) is 11.3.